The number of piperidine rings is 1. The summed E-state index contributed by atoms with van der Waals surface area (Å²) in [6.07, 6.45) is 2.24. The molecule has 0 radical (unpaired) electrons. The number of ether oxygens (including phenoxy) is 2. The first-order valence-corrected chi connectivity index (χ1v) is 12.4. The topological polar surface area (TPSA) is 79.8 Å². The van der Waals surface area contributed by atoms with Gasteiger partial charge in [0.2, 0.25) is 5.95 Å². The molecule has 5 rings (SSSR count). The summed E-state index contributed by atoms with van der Waals surface area (Å²) in [4.78, 5) is 26.9. The number of fused-ring (bicyclic) bond motifs is 1. The zero-order valence-electron chi connectivity index (χ0n) is 20.5. The molecule has 0 saturated carbocycles. The third kappa shape index (κ3) is 5.71. The summed E-state index contributed by atoms with van der Waals surface area (Å²) in [7, 11) is 0. The third-order valence-electron chi connectivity index (χ3n) is 6.86. The maximum absolute atomic E-state index is 12.4. The van der Waals surface area contributed by atoms with Crippen molar-refractivity contribution in [3.63, 3.8) is 0 Å². The second-order valence-corrected chi connectivity index (χ2v) is 9.36. The lowest BCUT2D eigenvalue weighted by Gasteiger charge is -2.40. The van der Waals surface area contributed by atoms with Crippen molar-refractivity contribution in [2.24, 2.45) is 0 Å². The summed E-state index contributed by atoms with van der Waals surface area (Å²) in [5.74, 6) is 1.26. The molecule has 0 unspecified atom stereocenters. The van der Waals surface area contributed by atoms with E-state index in [0.717, 1.165) is 80.3 Å². The van der Waals surface area contributed by atoms with Gasteiger partial charge >= 0.3 is 0 Å². The Morgan fingerprint density at radius 2 is 1.77 bits per heavy atom. The summed E-state index contributed by atoms with van der Waals surface area (Å²) < 4.78 is 11.1. The number of nitrogens with zero attached hydrogens (tertiary/aromatic N) is 4. The number of aromatic nitrogens is 2. The van der Waals surface area contributed by atoms with Crippen molar-refractivity contribution in [1.82, 2.24) is 14.9 Å². The molecule has 35 heavy (non-hydrogen) atoms. The molecule has 8 nitrogen and oxygen atoms in total. The Morgan fingerprint density at radius 3 is 2.51 bits per heavy atom. The van der Waals surface area contributed by atoms with Crippen LogP contribution in [0.5, 0.6) is 5.75 Å². The number of aryl methyl sites for hydroxylation is 2. The van der Waals surface area contributed by atoms with E-state index < -0.39 is 0 Å². The minimum atomic E-state index is -0.205. The van der Waals surface area contributed by atoms with Gasteiger partial charge in [-0.25, -0.2) is 9.97 Å². The van der Waals surface area contributed by atoms with E-state index in [0.29, 0.717) is 17.5 Å². The summed E-state index contributed by atoms with van der Waals surface area (Å²) in [6.45, 7) is 9.64. The molecular formula is C27H33N5O3. The van der Waals surface area contributed by atoms with Gasteiger partial charge in [0.15, 0.2) is 6.61 Å². The molecular weight excluding hydrogens is 442 g/mol. The number of morpholine rings is 1. The smallest absolute Gasteiger partial charge is 0.262 e. The van der Waals surface area contributed by atoms with Crippen LogP contribution < -0.4 is 15.0 Å². The van der Waals surface area contributed by atoms with Crippen molar-refractivity contribution < 1.29 is 14.3 Å². The van der Waals surface area contributed by atoms with Gasteiger partial charge in [-0.05, 0) is 57.0 Å². The van der Waals surface area contributed by atoms with E-state index in [4.69, 9.17) is 19.4 Å². The van der Waals surface area contributed by atoms with Crippen LogP contribution in [-0.2, 0) is 9.53 Å². The molecule has 1 aromatic heterocycles. The molecule has 3 heterocycles. The fourth-order valence-corrected chi connectivity index (χ4v) is 4.84. The van der Waals surface area contributed by atoms with E-state index in [1.165, 1.54) is 0 Å². The molecule has 2 aliphatic rings. The van der Waals surface area contributed by atoms with Crippen molar-refractivity contribution >= 4 is 28.4 Å². The number of benzene rings is 2. The molecule has 184 valence electrons. The molecule has 1 amide bonds. The summed E-state index contributed by atoms with van der Waals surface area (Å²) >= 11 is 0. The fraction of sp³-hybridized carbons (Fsp3) is 0.444. The van der Waals surface area contributed by atoms with Gasteiger partial charge in [0.1, 0.15) is 5.75 Å². The van der Waals surface area contributed by atoms with Crippen LogP contribution in [0.4, 0.5) is 11.6 Å². The normalized spacial score (nSPS) is 17.5. The Hall–Kier alpha value is -3.23. The molecule has 3 aromatic rings. The number of hydrogen-bond acceptors (Lipinski definition) is 7. The lowest BCUT2D eigenvalue weighted by Crippen LogP contribution is -2.49. The van der Waals surface area contributed by atoms with Crippen LogP contribution >= 0.6 is 0 Å². The fourth-order valence-electron chi connectivity index (χ4n) is 4.84. The van der Waals surface area contributed by atoms with Gasteiger partial charge in [0.25, 0.3) is 5.91 Å². The van der Waals surface area contributed by atoms with E-state index in [-0.39, 0.29) is 12.5 Å². The van der Waals surface area contributed by atoms with Gasteiger partial charge in [-0.3, -0.25) is 9.69 Å². The number of carbonyl (C=O) groups is 1. The van der Waals surface area contributed by atoms with Crippen molar-refractivity contribution in [1.29, 1.82) is 0 Å². The number of hydrogen-bond donors (Lipinski definition) is 1. The van der Waals surface area contributed by atoms with E-state index in [9.17, 15) is 4.79 Å². The summed E-state index contributed by atoms with van der Waals surface area (Å²) in [5.41, 5.74) is 3.65. The molecule has 2 aromatic carbocycles. The van der Waals surface area contributed by atoms with Crippen molar-refractivity contribution in [3.05, 3.63) is 53.7 Å². The zero-order valence-corrected chi connectivity index (χ0v) is 20.5. The van der Waals surface area contributed by atoms with Gasteiger partial charge in [-0.15, -0.1) is 0 Å². The van der Waals surface area contributed by atoms with Crippen LogP contribution in [0.15, 0.2) is 42.5 Å². The monoisotopic (exact) mass is 475 g/mol. The number of carbonyl (C=O) groups excluding carboxylic acids is 1. The van der Waals surface area contributed by atoms with E-state index >= 15 is 0 Å². The predicted octanol–water partition coefficient (Wildman–Crippen LogP) is 3.57. The third-order valence-corrected chi connectivity index (χ3v) is 6.86. The van der Waals surface area contributed by atoms with Crippen LogP contribution in [-0.4, -0.2) is 72.8 Å². The molecule has 8 heteroatoms. The van der Waals surface area contributed by atoms with Crippen LogP contribution in [0, 0.1) is 13.8 Å². The molecule has 2 aliphatic heterocycles. The Balaban J connectivity index is 1.20. The lowest BCUT2D eigenvalue weighted by atomic mass is 10.0. The highest BCUT2D eigenvalue weighted by molar-refractivity contribution is 5.95. The van der Waals surface area contributed by atoms with E-state index in [1.807, 2.05) is 56.3 Å². The van der Waals surface area contributed by atoms with Crippen LogP contribution in [0.2, 0.25) is 0 Å². The predicted molar refractivity (Wildman–Crippen MR) is 137 cm³/mol. The Morgan fingerprint density at radius 1 is 1.03 bits per heavy atom. The molecule has 0 spiro atoms. The summed E-state index contributed by atoms with van der Waals surface area (Å²) in [6, 6.07) is 14.0. The molecule has 2 saturated heterocycles. The first-order chi connectivity index (χ1) is 17.0. The van der Waals surface area contributed by atoms with Gasteiger partial charge in [0, 0.05) is 43.3 Å². The molecule has 0 bridgehead atoms. The number of amides is 1. The number of rotatable bonds is 6. The van der Waals surface area contributed by atoms with E-state index in [1.54, 1.807) is 0 Å². The summed E-state index contributed by atoms with van der Waals surface area (Å²) in [5, 5.41) is 3.85. The first kappa shape index (κ1) is 23.5. The average Bonchev–Trinajstić information content (AvgIpc) is 2.89. The number of anilines is 2. The van der Waals surface area contributed by atoms with Crippen LogP contribution in [0.3, 0.4) is 0 Å². The van der Waals surface area contributed by atoms with Gasteiger partial charge in [-0.1, -0.05) is 17.7 Å². The Labute approximate surface area is 206 Å². The zero-order chi connectivity index (χ0) is 24.2. The minimum absolute atomic E-state index is 0.0457. The highest BCUT2D eigenvalue weighted by Gasteiger charge is 2.27. The molecule has 0 atom stereocenters. The molecule has 1 N–H and O–H groups in total. The average molecular weight is 476 g/mol. The highest BCUT2D eigenvalue weighted by atomic mass is 16.5. The maximum atomic E-state index is 12.4. The standard InChI is InChI=1S/C27H33N5O3/c1-19-3-6-23(7-4-19)35-18-26(33)29-21-5-8-25-24(17-21)20(2)28-27(30-25)32-11-9-22(10-12-32)31-13-15-34-16-14-31/h3-8,17,22H,9-16,18H2,1-2H3,(H,29,33). The molecule has 0 aliphatic carbocycles. The second-order valence-electron chi connectivity index (χ2n) is 9.36. The second kappa shape index (κ2) is 10.6. The Bertz CT molecular complexity index is 1170. The highest BCUT2D eigenvalue weighted by Crippen LogP contribution is 2.26. The largest absolute Gasteiger partial charge is 0.484 e. The van der Waals surface area contributed by atoms with Gasteiger partial charge < -0.3 is 19.7 Å². The number of nitrogens with one attached hydrogen (secondary N) is 1. The van der Waals surface area contributed by atoms with Gasteiger partial charge in [0.05, 0.1) is 24.4 Å². The van der Waals surface area contributed by atoms with Crippen LogP contribution in [0.1, 0.15) is 24.1 Å². The minimum Gasteiger partial charge on any atom is -0.484 e. The maximum Gasteiger partial charge on any atom is 0.262 e. The van der Waals surface area contributed by atoms with Crippen molar-refractivity contribution in [2.75, 3.05) is 56.2 Å². The SMILES string of the molecule is Cc1ccc(OCC(=O)Nc2ccc3nc(N4CCC(N5CCOCC5)CC4)nc(C)c3c2)cc1. The van der Waals surface area contributed by atoms with Crippen molar-refractivity contribution in [3.8, 4) is 5.75 Å². The van der Waals surface area contributed by atoms with E-state index in [2.05, 4.69) is 15.1 Å². The van der Waals surface area contributed by atoms with Gasteiger partial charge in [-0.2, -0.15) is 0 Å². The first-order valence-electron chi connectivity index (χ1n) is 12.4. The van der Waals surface area contributed by atoms with Crippen LogP contribution in [0.25, 0.3) is 10.9 Å². The lowest BCUT2D eigenvalue weighted by molar-refractivity contribution is -0.118. The molecule has 2 fully saturated rings. The quantitative estimate of drug-likeness (QED) is 0.584. The Kier molecular flexibility index (Phi) is 7.11. The van der Waals surface area contributed by atoms with Crippen molar-refractivity contribution in [2.45, 2.75) is 32.7 Å².